The molecule has 0 aliphatic carbocycles. The van der Waals surface area contributed by atoms with Gasteiger partial charge in [-0.15, -0.1) is 0 Å². The number of unbranched alkanes of at least 4 members (excludes halogenated alkanes) is 1. The molecule has 0 heterocycles. The molecular formula is C17H24F2O6. The number of hydrogen-bond acceptors (Lipinski definition) is 6. The molecule has 0 aliphatic rings. The molecule has 0 spiro atoms. The number of aliphatic hydroxyl groups excluding tert-OH is 3. The minimum absolute atomic E-state index is 0.0651. The lowest BCUT2D eigenvalue weighted by Crippen LogP contribution is -2.54. The molecule has 0 fully saturated rings. The lowest BCUT2D eigenvalue weighted by molar-refractivity contribution is -0.231. The summed E-state index contributed by atoms with van der Waals surface area (Å²) in [4.78, 5) is 11.7. The van der Waals surface area contributed by atoms with Gasteiger partial charge in [-0.3, -0.25) is 0 Å². The maximum atomic E-state index is 14.4. The van der Waals surface area contributed by atoms with Crippen LogP contribution >= 0.6 is 0 Å². The first kappa shape index (κ1) is 21.4. The summed E-state index contributed by atoms with van der Waals surface area (Å²) in [6.45, 7) is -0.170. The van der Waals surface area contributed by atoms with Gasteiger partial charge in [0.1, 0.15) is 12.7 Å². The molecular weight excluding hydrogens is 338 g/mol. The van der Waals surface area contributed by atoms with Crippen LogP contribution in [-0.2, 0) is 9.47 Å². The quantitative estimate of drug-likeness (QED) is 0.407. The topological polar surface area (TPSA) is 96.2 Å². The summed E-state index contributed by atoms with van der Waals surface area (Å²) < 4.78 is 38.4. The number of hydrogen-bond donors (Lipinski definition) is 3. The van der Waals surface area contributed by atoms with Crippen molar-refractivity contribution >= 4 is 5.97 Å². The zero-order valence-electron chi connectivity index (χ0n) is 14.0. The second-order valence-electron chi connectivity index (χ2n) is 5.55. The summed E-state index contributed by atoms with van der Waals surface area (Å²) in [6.07, 6.45) is -5.23. The number of carbonyl (C=O) groups is 1. The van der Waals surface area contributed by atoms with Crippen LogP contribution in [0, 0.1) is 0 Å². The van der Waals surface area contributed by atoms with E-state index in [4.69, 9.17) is 14.6 Å². The van der Waals surface area contributed by atoms with Gasteiger partial charge in [0.25, 0.3) is 0 Å². The van der Waals surface area contributed by atoms with E-state index in [-0.39, 0.29) is 12.2 Å². The summed E-state index contributed by atoms with van der Waals surface area (Å²) in [5.74, 6) is -4.78. The molecule has 0 aromatic heterocycles. The Kier molecular flexibility index (Phi) is 8.91. The molecule has 1 aromatic carbocycles. The van der Waals surface area contributed by atoms with Crippen molar-refractivity contribution in [3.63, 3.8) is 0 Å². The largest absolute Gasteiger partial charge is 0.459 e. The summed E-state index contributed by atoms with van der Waals surface area (Å²) in [6, 6.07) is 7.72. The Labute approximate surface area is 145 Å². The highest BCUT2D eigenvalue weighted by Crippen LogP contribution is 2.29. The summed E-state index contributed by atoms with van der Waals surface area (Å²) in [7, 11) is 0. The van der Waals surface area contributed by atoms with Gasteiger partial charge in [-0.25, -0.2) is 13.6 Å². The van der Waals surface area contributed by atoms with Crippen molar-refractivity contribution < 1.29 is 38.4 Å². The van der Waals surface area contributed by atoms with Gasteiger partial charge in [-0.1, -0.05) is 31.5 Å². The summed E-state index contributed by atoms with van der Waals surface area (Å²) >= 11 is 0. The minimum atomic E-state index is -3.92. The SMILES string of the molecule is CCCCO[C@H]([C@H](O)CO)C(F)(F)[C@H](O)COC(=O)c1ccccc1. The van der Waals surface area contributed by atoms with Crippen molar-refractivity contribution in [1.82, 2.24) is 0 Å². The van der Waals surface area contributed by atoms with Crippen molar-refractivity contribution in [3.05, 3.63) is 35.9 Å². The highest BCUT2D eigenvalue weighted by molar-refractivity contribution is 5.89. The molecule has 6 nitrogen and oxygen atoms in total. The van der Waals surface area contributed by atoms with Gasteiger partial charge < -0.3 is 24.8 Å². The van der Waals surface area contributed by atoms with Gasteiger partial charge in [0.2, 0.25) is 0 Å². The van der Waals surface area contributed by atoms with Crippen molar-refractivity contribution in [1.29, 1.82) is 0 Å². The molecule has 0 amide bonds. The molecule has 0 aliphatic heterocycles. The molecule has 1 aromatic rings. The number of ether oxygens (including phenoxy) is 2. The second-order valence-corrected chi connectivity index (χ2v) is 5.55. The maximum Gasteiger partial charge on any atom is 0.338 e. The number of halogens is 2. The number of carbonyl (C=O) groups excluding carboxylic acids is 1. The molecule has 0 saturated carbocycles. The fourth-order valence-corrected chi connectivity index (χ4v) is 2.04. The van der Waals surface area contributed by atoms with E-state index in [9.17, 15) is 23.8 Å². The van der Waals surface area contributed by atoms with E-state index >= 15 is 0 Å². The third kappa shape index (κ3) is 6.32. The number of benzene rings is 1. The normalized spacial score (nSPS) is 15.4. The molecule has 1 rings (SSSR count). The van der Waals surface area contributed by atoms with E-state index < -0.39 is 43.4 Å². The molecule has 3 N–H and O–H groups in total. The predicted octanol–water partition coefficient (Wildman–Crippen LogP) is 1.38. The fourth-order valence-electron chi connectivity index (χ4n) is 2.04. The monoisotopic (exact) mass is 362 g/mol. The molecule has 25 heavy (non-hydrogen) atoms. The average molecular weight is 362 g/mol. The summed E-state index contributed by atoms with van der Waals surface area (Å²) in [5.41, 5.74) is 0.157. The van der Waals surface area contributed by atoms with Gasteiger partial charge in [-0.05, 0) is 18.6 Å². The number of esters is 1. The van der Waals surface area contributed by atoms with Crippen LogP contribution in [0.15, 0.2) is 30.3 Å². The first-order valence-electron chi connectivity index (χ1n) is 8.03. The zero-order valence-corrected chi connectivity index (χ0v) is 14.0. The van der Waals surface area contributed by atoms with E-state index in [1.807, 2.05) is 6.92 Å². The maximum absolute atomic E-state index is 14.4. The fraction of sp³-hybridized carbons (Fsp3) is 0.588. The van der Waals surface area contributed by atoms with Crippen LogP contribution in [0.2, 0.25) is 0 Å². The molecule has 142 valence electrons. The molecule has 0 saturated heterocycles. The molecule has 3 atom stereocenters. The lowest BCUT2D eigenvalue weighted by atomic mass is 10.0. The van der Waals surface area contributed by atoms with Gasteiger partial charge in [0.15, 0.2) is 12.2 Å². The van der Waals surface area contributed by atoms with Crippen LogP contribution in [0.25, 0.3) is 0 Å². The Balaban J connectivity index is 2.70. The van der Waals surface area contributed by atoms with Crippen LogP contribution in [0.3, 0.4) is 0 Å². The van der Waals surface area contributed by atoms with Crippen molar-refractivity contribution in [2.75, 3.05) is 19.8 Å². The Hall–Kier alpha value is -1.61. The molecule has 8 heteroatoms. The van der Waals surface area contributed by atoms with E-state index in [0.29, 0.717) is 12.8 Å². The van der Waals surface area contributed by atoms with E-state index in [2.05, 4.69) is 0 Å². The Morgan fingerprint density at radius 3 is 2.44 bits per heavy atom. The van der Waals surface area contributed by atoms with Gasteiger partial charge in [0, 0.05) is 6.61 Å². The van der Waals surface area contributed by atoms with Crippen LogP contribution in [0.4, 0.5) is 8.78 Å². The lowest BCUT2D eigenvalue weighted by Gasteiger charge is -2.32. The van der Waals surface area contributed by atoms with Gasteiger partial charge >= 0.3 is 11.9 Å². The number of aliphatic hydroxyl groups is 3. The smallest absolute Gasteiger partial charge is 0.338 e. The van der Waals surface area contributed by atoms with Crippen LogP contribution in [0.5, 0.6) is 0 Å². The van der Waals surface area contributed by atoms with Crippen LogP contribution in [-0.4, -0.2) is 65.3 Å². The molecule has 0 radical (unpaired) electrons. The van der Waals surface area contributed by atoms with Crippen molar-refractivity contribution in [3.8, 4) is 0 Å². The highest BCUT2D eigenvalue weighted by atomic mass is 19.3. The van der Waals surface area contributed by atoms with Crippen LogP contribution in [0.1, 0.15) is 30.1 Å². The molecule has 0 bridgehead atoms. The first-order valence-corrected chi connectivity index (χ1v) is 8.03. The van der Waals surface area contributed by atoms with E-state index in [1.54, 1.807) is 18.2 Å². The van der Waals surface area contributed by atoms with Gasteiger partial charge in [0.05, 0.1) is 12.2 Å². The number of alkyl halides is 2. The third-order valence-corrected chi connectivity index (χ3v) is 3.54. The third-order valence-electron chi connectivity index (χ3n) is 3.54. The first-order chi connectivity index (χ1) is 11.8. The second kappa shape index (κ2) is 10.4. The molecule has 0 unspecified atom stereocenters. The zero-order chi connectivity index (χ0) is 18.9. The average Bonchev–Trinajstić information content (AvgIpc) is 2.62. The number of rotatable bonds is 11. The van der Waals surface area contributed by atoms with Crippen LogP contribution < -0.4 is 0 Å². The Morgan fingerprint density at radius 1 is 1.24 bits per heavy atom. The Morgan fingerprint density at radius 2 is 1.88 bits per heavy atom. The van der Waals surface area contributed by atoms with Gasteiger partial charge in [-0.2, -0.15) is 0 Å². The van der Waals surface area contributed by atoms with E-state index in [0.717, 1.165) is 0 Å². The van der Waals surface area contributed by atoms with E-state index in [1.165, 1.54) is 12.1 Å². The predicted molar refractivity (Wildman–Crippen MR) is 85.4 cm³/mol. The minimum Gasteiger partial charge on any atom is -0.459 e. The van der Waals surface area contributed by atoms with Crippen molar-refractivity contribution in [2.24, 2.45) is 0 Å². The van der Waals surface area contributed by atoms with Crippen molar-refractivity contribution in [2.45, 2.75) is 44.0 Å². The highest BCUT2D eigenvalue weighted by Gasteiger charge is 2.51. The summed E-state index contributed by atoms with van der Waals surface area (Å²) in [5, 5.41) is 28.3. The Bertz CT molecular complexity index is 511. The standard InChI is InChI=1S/C17H24F2O6/c1-2-3-9-24-15(13(21)10-20)17(18,19)14(22)11-25-16(23)12-7-5-4-6-8-12/h4-8,13-15,20-22H,2-3,9-11H2,1H3/t13-,14-,15-/m1/s1.